The number of aromatic nitrogens is 2. The van der Waals surface area contributed by atoms with E-state index in [9.17, 15) is 8.42 Å². The van der Waals surface area contributed by atoms with Crippen molar-refractivity contribution in [1.29, 1.82) is 0 Å². The Morgan fingerprint density at radius 1 is 1.04 bits per heavy atom. The molecule has 0 aliphatic carbocycles. The third-order valence-corrected chi connectivity index (χ3v) is 7.84. The smallest absolute Gasteiger partial charge is 0.246 e. The van der Waals surface area contributed by atoms with Crippen LogP contribution in [0.1, 0.15) is 12.5 Å². The summed E-state index contributed by atoms with van der Waals surface area (Å²) < 4.78 is 30.2. The summed E-state index contributed by atoms with van der Waals surface area (Å²) in [5, 5.41) is 6.60. The molecule has 1 aliphatic heterocycles. The Balaban J connectivity index is 1.68. The predicted octanol–water partition coefficient (Wildman–Crippen LogP) is 2.99. The molecule has 0 bridgehead atoms. The van der Waals surface area contributed by atoms with Crippen molar-refractivity contribution in [3.8, 4) is 10.6 Å². The maximum atomic E-state index is 13.4. The predicted molar refractivity (Wildman–Crippen MR) is 112 cm³/mol. The maximum absolute atomic E-state index is 13.4. The summed E-state index contributed by atoms with van der Waals surface area (Å²) >= 11 is 1.51. The van der Waals surface area contributed by atoms with Gasteiger partial charge in [-0.1, -0.05) is 43.3 Å². The molecule has 0 saturated carbocycles. The third kappa shape index (κ3) is 3.91. The van der Waals surface area contributed by atoms with E-state index in [1.165, 1.54) is 11.3 Å². The molecular weight excluding hydrogens is 392 g/mol. The minimum Gasteiger partial charge on any atom is -0.301 e. The second kappa shape index (κ2) is 8.16. The van der Waals surface area contributed by atoms with Gasteiger partial charge in [-0.25, -0.2) is 8.42 Å². The summed E-state index contributed by atoms with van der Waals surface area (Å²) in [5.74, 6) is 0. The van der Waals surface area contributed by atoms with Gasteiger partial charge in [0.25, 0.3) is 0 Å². The van der Waals surface area contributed by atoms with Crippen molar-refractivity contribution in [1.82, 2.24) is 19.0 Å². The van der Waals surface area contributed by atoms with E-state index < -0.39 is 10.0 Å². The second-order valence-corrected chi connectivity index (χ2v) is 9.69. The van der Waals surface area contributed by atoms with E-state index >= 15 is 0 Å². The SMILES string of the molecule is CCN1CCN(S(=O)(=O)c2cn(Cc3ccccc3)nc2-c2cccs2)CC1. The Bertz CT molecular complexity index is 1010. The normalized spacial score (nSPS) is 16.5. The van der Waals surface area contributed by atoms with Gasteiger partial charge in [0.15, 0.2) is 0 Å². The van der Waals surface area contributed by atoms with Crippen molar-refractivity contribution >= 4 is 21.4 Å². The fourth-order valence-electron chi connectivity index (χ4n) is 3.45. The van der Waals surface area contributed by atoms with Gasteiger partial charge in [-0.3, -0.25) is 4.68 Å². The van der Waals surface area contributed by atoms with Gasteiger partial charge in [-0.05, 0) is 23.6 Å². The first-order valence-corrected chi connectivity index (χ1v) is 11.8. The van der Waals surface area contributed by atoms with Crippen LogP contribution in [0.25, 0.3) is 10.6 Å². The van der Waals surface area contributed by atoms with Crippen molar-refractivity contribution in [3.63, 3.8) is 0 Å². The zero-order valence-corrected chi connectivity index (χ0v) is 17.5. The number of likely N-dealkylation sites (N-methyl/N-ethyl adjacent to an activating group) is 1. The van der Waals surface area contributed by atoms with Crippen molar-refractivity contribution in [2.75, 3.05) is 32.7 Å². The van der Waals surface area contributed by atoms with Gasteiger partial charge >= 0.3 is 0 Å². The average molecular weight is 417 g/mol. The van der Waals surface area contributed by atoms with Gasteiger partial charge in [0, 0.05) is 32.4 Å². The summed E-state index contributed by atoms with van der Waals surface area (Å²) in [6.45, 7) is 6.16. The third-order valence-electron chi connectivity index (χ3n) is 5.07. The lowest BCUT2D eigenvalue weighted by Crippen LogP contribution is -2.48. The molecule has 3 aromatic rings. The molecule has 0 atom stereocenters. The zero-order chi connectivity index (χ0) is 19.6. The number of hydrogen-bond donors (Lipinski definition) is 0. The topological polar surface area (TPSA) is 58.4 Å². The molecule has 1 aliphatic rings. The zero-order valence-electron chi connectivity index (χ0n) is 15.9. The molecule has 6 nitrogen and oxygen atoms in total. The lowest BCUT2D eigenvalue weighted by atomic mass is 10.2. The number of benzene rings is 1. The minimum atomic E-state index is -3.59. The highest BCUT2D eigenvalue weighted by Gasteiger charge is 2.32. The Morgan fingerprint density at radius 2 is 1.79 bits per heavy atom. The van der Waals surface area contributed by atoms with E-state index in [1.54, 1.807) is 15.2 Å². The number of thiophene rings is 1. The highest BCUT2D eigenvalue weighted by Crippen LogP contribution is 2.32. The van der Waals surface area contributed by atoms with Gasteiger partial charge in [-0.2, -0.15) is 9.40 Å². The van der Waals surface area contributed by atoms with Crippen molar-refractivity contribution in [3.05, 3.63) is 59.6 Å². The fourth-order valence-corrected chi connectivity index (χ4v) is 5.81. The van der Waals surface area contributed by atoms with Crippen LogP contribution in [0.2, 0.25) is 0 Å². The summed E-state index contributed by atoms with van der Waals surface area (Å²) in [4.78, 5) is 3.44. The first-order chi connectivity index (χ1) is 13.6. The molecule has 0 spiro atoms. The van der Waals surface area contributed by atoms with Crippen LogP contribution in [0.15, 0.2) is 58.9 Å². The van der Waals surface area contributed by atoms with Crippen LogP contribution in [-0.2, 0) is 16.6 Å². The summed E-state index contributed by atoms with van der Waals surface area (Å²) in [6, 6.07) is 13.8. The number of sulfonamides is 1. The van der Waals surface area contributed by atoms with E-state index in [0.29, 0.717) is 30.2 Å². The van der Waals surface area contributed by atoms with Gasteiger partial charge in [0.2, 0.25) is 10.0 Å². The average Bonchev–Trinajstić information content (AvgIpc) is 3.39. The molecule has 0 unspecified atom stereocenters. The van der Waals surface area contributed by atoms with E-state index in [4.69, 9.17) is 0 Å². The lowest BCUT2D eigenvalue weighted by molar-refractivity contribution is 0.196. The van der Waals surface area contributed by atoms with Gasteiger partial charge < -0.3 is 4.90 Å². The van der Waals surface area contributed by atoms with E-state index in [-0.39, 0.29) is 0 Å². The van der Waals surface area contributed by atoms with E-state index in [0.717, 1.165) is 30.1 Å². The van der Waals surface area contributed by atoms with E-state index in [1.807, 2.05) is 47.8 Å². The van der Waals surface area contributed by atoms with Crippen LogP contribution in [0, 0.1) is 0 Å². The largest absolute Gasteiger partial charge is 0.301 e. The number of nitrogens with zero attached hydrogens (tertiary/aromatic N) is 4. The Kier molecular flexibility index (Phi) is 5.63. The maximum Gasteiger partial charge on any atom is 0.246 e. The first-order valence-electron chi connectivity index (χ1n) is 9.45. The van der Waals surface area contributed by atoms with Crippen LogP contribution in [-0.4, -0.2) is 60.1 Å². The monoisotopic (exact) mass is 416 g/mol. The minimum absolute atomic E-state index is 0.302. The molecule has 3 heterocycles. The molecule has 0 N–H and O–H groups in total. The number of hydrogen-bond acceptors (Lipinski definition) is 5. The second-order valence-electron chi connectivity index (χ2n) is 6.84. The first kappa shape index (κ1) is 19.3. The Morgan fingerprint density at radius 3 is 2.43 bits per heavy atom. The van der Waals surface area contributed by atoms with Crippen LogP contribution in [0.5, 0.6) is 0 Å². The van der Waals surface area contributed by atoms with E-state index in [2.05, 4.69) is 16.9 Å². The Labute approximate surface area is 170 Å². The highest BCUT2D eigenvalue weighted by atomic mass is 32.2. The molecule has 4 rings (SSSR count). The van der Waals surface area contributed by atoms with Gasteiger partial charge in [0.05, 0.1) is 11.4 Å². The van der Waals surface area contributed by atoms with Crippen LogP contribution < -0.4 is 0 Å². The fraction of sp³-hybridized carbons (Fsp3) is 0.350. The molecule has 2 aromatic heterocycles. The quantitative estimate of drug-likeness (QED) is 0.620. The summed E-state index contributed by atoms with van der Waals surface area (Å²) in [5.41, 5.74) is 1.63. The molecule has 28 heavy (non-hydrogen) atoms. The van der Waals surface area contributed by atoms with Crippen molar-refractivity contribution < 1.29 is 8.42 Å². The number of rotatable bonds is 6. The lowest BCUT2D eigenvalue weighted by Gasteiger charge is -2.33. The van der Waals surface area contributed by atoms with Crippen molar-refractivity contribution in [2.45, 2.75) is 18.4 Å². The summed E-state index contributed by atoms with van der Waals surface area (Å²) in [6.07, 6.45) is 1.68. The van der Waals surface area contributed by atoms with Crippen molar-refractivity contribution in [2.24, 2.45) is 0 Å². The molecule has 8 heteroatoms. The molecule has 0 amide bonds. The van der Waals surface area contributed by atoms with Gasteiger partial charge in [-0.15, -0.1) is 11.3 Å². The highest BCUT2D eigenvalue weighted by molar-refractivity contribution is 7.89. The molecule has 148 valence electrons. The number of piperazine rings is 1. The molecular formula is C20H24N4O2S2. The van der Waals surface area contributed by atoms with Crippen LogP contribution >= 0.6 is 11.3 Å². The molecule has 1 aromatic carbocycles. The summed E-state index contributed by atoms with van der Waals surface area (Å²) in [7, 11) is -3.59. The standard InChI is InChI=1S/C20H24N4O2S2/c1-2-22-10-12-24(13-11-22)28(25,26)19-16-23(15-17-7-4-3-5-8-17)21-20(19)18-9-6-14-27-18/h3-9,14,16H,2,10-13,15H2,1H3. The van der Waals surface area contributed by atoms with Crippen LogP contribution in [0.4, 0.5) is 0 Å². The molecule has 0 radical (unpaired) electrons. The molecule has 1 fully saturated rings. The van der Waals surface area contributed by atoms with Crippen LogP contribution in [0.3, 0.4) is 0 Å². The van der Waals surface area contributed by atoms with Gasteiger partial charge in [0.1, 0.15) is 10.6 Å². The molecule has 1 saturated heterocycles. The Hall–Kier alpha value is -2.00.